The molecule has 1 saturated heterocycles. The van der Waals surface area contributed by atoms with Gasteiger partial charge in [-0.15, -0.1) is 0 Å². The average molecular weight is 461 g/mol. The Labute approximate surface area is 200 Å². The summed E-state index contributed by atoms with van der Waals surface area (Å²) in [5.41, 5.74) is 3.82. The van der Waals surface area contributed by atoms with E-state index in [4.69, 9.17) is 14.6 Å². The lowest BCUT2D eigenvalue weighted by atomic mass is 10.0. The first-order valence-electron chi connectivity index (χ1n) is 12.2. The summed E-state index contributed by atoms with van der Waals surface area (Å²) >= 11 is 0. The van der Waals surface area contributed by atoms with Gasteiger partial charge in [-0.2, -0.15) is 5.10 Å². The molecule has 7 nitrogen and oxygen atoms in total. The Morgan fingerprint density at radius 1 is 1.09 bits per heavy atom. The van der Waals surface area contributed by atoms with Gasteiger partial charge in [-0.25, -0.2) is 4.68 Å². The molecule has 178 valence electrons. The molecule has 34 heavy (non-hydrogen) atoms. The van der Waals surface area contributed by atoms with Crippen LogP contribution in [0.1, 0.15) is 38.2 Å². The van der Waals surface area contributed by atoms with Gasteiger partial charge in [0.1, 0.15) is 0 Å². The molecule has 2 aromatic carbocycles. The second-order valence-electron chi connectivity index (χ2n) is 9.08. The van der Waals surface area contributed by atoms with Crippen molar-refractivity contribution in [3.63, 3.8) is 0 Å². The van der Waals surface area contributed by atoms with E-state index in [1.54, 1.807) is 0 Å². The standard InChI is InChI=1S/C27H32N4O3/c1-20(30-15-5-6-16-30)13-14-28-26(32)12-10-22-18-31(23-7-3-2-4-8-23)29-27(22)21-9-11-24-25(17-21)34-19-33-24/h2-4,7-9,11,17-18,20H,5-6,10,12-16,19H2,1H3,(H,28,32)/t20-/m1/s1. The second kappa shape index (κ2) is 10.3. The first kappa shape index (κ1) is 22.5. The van der Waals surface area contributed by atoms with Crippen LogP contribution in [0.4, 0.5) is 0 Å². The molecule has 0 spiro atoms. The molecule has 7 heteroatoms. The number of rotatable bonds is 9. The SMILES string of the molecule is C[C@H](CCNC(=O)CCc1cn(-c2ccccc2)nc1-c1ccc2c(c1)OCO2)N1CCCC1. The molecule has 0 aliphatic carbocycles. The largest absolute Gasteiger partial charge is 0.454 e. The maximum Gasteiger partial charge on any atom is 0.231 e. The zero-order chi connectivity index (χ0) is 23.3. The number of nitrogens with one attached hydrogen (secondary N) is 1. The highest BCUT2D eigenvalue weighted by atomic mass is 16.7. The summed E-state index contributed by atoms with van der Waals surface area (Å²) in [6, 6.07) is 16.4. The first-order chi connectivity index (χ1) is 16.7. The van der Waals surface area contributed by atoms with Crippen molar-refractivity contribution >= 4 is 5.91 Å². The number of carbonyl (C=O) groups is 1. The van der Waals surface area contributed by atoms with Crippen LogP contribution in [0.2, 0.25) is 0 Å². The van der Waals surface area contributed by atoms with E-state index in [1.807, 2.05) is 59.4 Å². The van der Waals surface area contributed by atoms with Crippen molar-refractivity contribution in [2.24, 2.45) is 0 Å². The van der Waals surface area contributed by atoms with E-state index < -0.39 is 0 Å². The second-order valence-corrected chi connectivity index (χ2v) is 9.08. The fourth-order valence-corrected chi connectivity index (χ4v) is 4.71. The number of aromatic nitrogens is 2. The van der Waals surface area contributed by atoms with E-state index in [9.17, 15) is 4.79 Å². The molecule has 5 rings (SSSR count). The smallest absolute Gasteiger partial charge is 0.231 e. The van der Waals surface area contributed by atoms with Gasteiger partial charge in [-0.1, -0.05) is 18.2 Å². The van der Waals surface area contributed by atoms with Gasteiger partial charge in [0.2, 0.25) is 12.7 Å². The molecule has 1 aromatic heterocycles. The molecule has 0 bridgehead atoms. The summed E-state index contributed by atoms with van der Waals surface area (Å²) in [4.78, 5) is 15.1. The Kier molecular flexibility index (Phi) is 6.81. The average Bonchev–Trinajstić information content (AvgIpc) is 3.63. The van der Waals surface area contributed by atoms with Gasteiger partial charge in [0.05, 0.1) is 11.4 Å². The molecule has 0 radical (unpaired) electrons. The monoisotopic (exact) mass is 460 g/mol. The highest BCUT2D eigenvalue weighted by Crippen LogP contribution is 2.36. The summed E-state index contributed by atoms with van der Waals surface area (Å²) in [5.74, 6) is 1.55. The molecular formula is C27H32N4O3. The Morgan fingerprint density at radius 3 is 2.71 bits per heavy atom. The molecule has 1 N–H and O–H groups in total. The Morgan fingerprint density at radius 2 is 1.88 bits per heavy atom. The van der Waals surface area contributed by atoms with E-state index in [1.165, 1.54) is 25.9 Å². The van der Waals surface area contributed by atoms with Crippen LogP contribution in [-0.4, -0.2) is 53.1 Å². The maximum absolute atomic E-state index is 12.6. The quantitative estimate of drug-likeness (QED) is 0.519. The topological polar surface area (TPSA) is 68.6 Å². The number of nitrogens with zero attached hydrogens (tertiary/aromatic N) is 3. The fourth-order valence-electron chi connectivity index (χ4n) is 4.71. The summed E-state index contributed by atoms with van der Waals surface area (Å²) < 4.78 is 12.9. The van der Waals surface area contributed by atoms with E-state index in [0.29, 0.717) is 18.9 Å². The van der Waals surface area contributed by atoms with Crippen molar-refractivity contribution in [1.82, 2.24) is 20.0 Å². The molecule has 2 aliphatic rings. The summed E-state index contributed by atoms with van der Waals surface area (Å²) in [6.07, 6.45) is 6.64. The van der Waals surface area contributed by atoms with Crippen LogP contribution in [0, 0.1) is 0 Å². The highest BCUT2D eigenvalue weighted by Gasteiger charge is 2.20. The number of hydrogen-bond acceptors (Lipinski definition) is 5. The number of aryl methyl sites for hydroxylation is 1. The van der Waals surface area contributed by atoms with E-state index in [0.717, 1.165) is 47.0 Å². The molecule has 1 amide bonds. The van der Waals surface area contributed by atoms with Crippen LogP contribution in [0.25, 0.3) is 16.9 Å². The lowest BCUT2D eigenvalue weighted by molar-refractivity contribution is -0.121. The Bertz CT molecular complexity index is 1120. The lowest BCUT2D eigenvalue weighted by Gasteiger charge is -2.23. The van der Waals surface area contributed by atoms with Gasteiger partial charge >= 0.3 is 0 Å². The van der Waals surface area contributed by atoms with Crippen molar-refractivity contribution in [3.05, 3.63) is 60.3 Å². The summed E-state index contributed by atoms with van der Waals surface area (Å²) in [7, 11) is 0. The first-order valence-corrected chi connectivity index (χ1v) is 12.2. The lowest BCUT2D eigenvalue weighted by Crippen LogP contribution is -2.34. The van der Waals surface area contributed by atoms with Crippen LogP contribution < -0.4 is 14.8 Å². The zero-order valence-electron chi connectivity index (χ0n) is 19.7. The van der Waals surface area contributed by atoms with Crippen LogP contribution in [0.3, 0.4) is 0 Å². The molecule has 3 aromatic rings. The van der Waals surface area contributed by atoms with Gasteiger partial charge in [0.15, 0.2) is 11.5 Å². The summed E-state index contributed by atoms with van der Waals surface area (Å²) in [6.45, 7) is 5.58. The molecule has 1 fully saturated rings. The van der Waals surface area contributed by atoms with E-state index in [2.05, 4.69) is 17.1 Å². The third kappa shape index (κ3) is 5.09. The molecule has 1 atom stereocenters. The Hall–Kier alpha value is -3.32. The summed E-state index contributed by atoms with van der Waals surface area (Å²) in [5, 5.41) is 7.98. The minimum absolute atomic E-state index is 0.0812. The Balaban J connectivity index is 1.26. The number of benzene rings is 2. The number of fused-ring (bicyclic) bond motifs is 1. The van der Waals surface area contributed by atoms with Crippen molar-refractivity contribution in [2.75, 3.05) is 26.4 Å². The van der Waals surface area contributed by atoms with Crippen molar-refractivity contribution in [2.45, 2.75) is 45.1 Å². The number of amides is 1. The minimum atomic E-state index is 0.0812. The molecular weight excluding hydrogens is 428 g/mol. The van der Waals surface area contributed by atoms with E-state index >= 15 is 0 Å². The predicted molar refractivity (Wildman–Crippen MR) is 131 cm³/mol. The van der Waals surface area contributed by atoms with Gasteiger partial charge in [-0.05, 0) is 81.6 Å². The zero-order valence-corrected chi connectivity index (χ0v) is 19.7. The van der Waals surface area contributed by atoms with Gasteiger partial charge in [-0.3, -0.25) is 4.79 Å². The molecule has 0 saturated carbocycles. The number of hydrogen-bond donors (Lipinski definition) is 1. The number of carbonyl (C=O) groups excluding carboxylic acids is 1. The van der Waals surface area contributed by atoms with Crippen LogP contribution >= 0.6 is 0 Å². The minimum Gasteiger partial charge on any atom is -0.454 e. The van der Waals surface area contributed by atoms with Crippen molar-refractivity contribution in [3.8, 4) is 28.4 Å². The van der Waals surface area contributed by atoms with Crippen molar-refractivity contribution in [1.29, 1.82) is 0 Å². The van der Waals surface area contributed by atoms with E-state index in [-0.39, 0.29) is 12.7 Å². The van der Waals surface area contributed by atoms with Gasteiger partial charge in [0, 0.05) is 30.8 Å². The number of para-hydroxylation sites is 1. The van der Waals surface area contributed by atoms with Crippen LogP contribution in [-0.2, 0) is 11.2 Å². The van der Waals surface area contributed by atoms with Crippen LogP contribution in [0.15, 0.2) is 54.7 Å². The molecule has 0 unspecified atom stereocenters. The highest BCUT2D eigenvalue weighted by molar-refractivity contribution is 5.77. The fraction of sp³-hybridized carbons (Fsp3) is 0.407. The van der Waals surface area contributed by atoms with Crippen molar-refractivity contribution < 1.29 is 14.3 Å². The molecule has 3 heterocycles. The third-order valence-electron chi connectivity index (χ3n) is 6.73. The van der Waals surface area contributed by atoms with Gasteiger partial charge < -0.3 is 19.7 Å². The number of likely N-dealkylation sites (tertiary alicyclic amines) is 1. The van der Waals surface area contributed by atoms with Crippen LogP contribution in [0.5, 0.6) is 11.5 Å². The molecule has 2 aliphatic heterocycles. The normalized spacial score (nSPS) is 16.0. The number of ether oxygens (including phenoxy) is 2. The predicted octanol–water partition coefficient (Wildman–Crippen LogP) is 4.19. The maximum atomic E-state index is 12.6. The third-order valence-corrected chi connectivity index (χ3v) is 6.73. The van der Waals surface area contributed by atoms with Gasteiger partial charge in [0.25, 0.3) is 0 Å².